The number of carbonyl (C=O) groups excluding carboxylic acids is 1. The number of nitrogens with zero attached hydrogens (tertiary/aromatic N) is 1. The number of sulfone groups is 1. The maximum Gasteiger partial charge on any atom is 0.247 e. The molecule has 0 saturated heterocycles. The molecule has 108 valence electrons. The summed E-state index contributed by atoms with van der Waals surface area (Å²) < 4.78 is 23.1. The van der Waals surface area contributed by atoms with Crippen LogP contribution in [-0.4, -0.2) is 36.1 Å². The molecule has 0 fully saturated rings. The van der Waals surface area contributed by atoms with E-state index in [-0.39, 0.29) is 11.4 Å². The Balaban J connectivity index is 2.74. The number of hydrogen-bond donors (Lipinski definition) is 0. The zero-order valence-corrected chi connectivity index (χ0v) is 13.1. The van der Waals surface area contributed by atoms with Gasteiger partial charge in [0.15, 0.2) is 9.84 Å². The fourth-order valence-corrected chi connectivity index (χ4v) is 2.52. The summed E-state index contributed by atoms with van der Waals surface area (Å²) >= 11 is 0. The highest BCUT2D eigenvalue weighted by atomic mass is 32.2. The van der Waals surface area contributed by atoms with Gasteiger partial charge in [-0.05, 0) is 41.0 Å². The van der Waals surface area contributed by atoms with Gasteiger partial charge in [-0.1, -0.05) is 12.2 Å². The molecule has 1 rings (SSSR count). The molecule has 1 aliphatic heterocycles. The molecule has 0 atom stereocenters. The second-order valence-electron chi connectivity index (χ2n) is 6.40. The normalized spacial score (nSPS) is 17.7. The van der Waals surface area contributed by atoms with Crippen molar-refractivity contribution in [1.29, 1.82) is 0 Å². The molecule has 0 aromatic carbocycles. The van der Waals surface area contributed by atoms with Crippen LogP contribution in [-0.2, 0) is 14.6 Å². The molecule has 1 aliphatic rings. The van der Waals surface area contributed by atoms with Crippen molar-refractivity contribution in [2.45, 2.75) is 51.3 Å². The van der Waals surface area contributed by atoms with Gasteiger partial charge in [-0.3, -0.25) is 4.79 Å². The molecule has 0 bridgehead atoms. The van der Waals surface area contributed by atoms with E-state index in [1.165, 1.54) is 5.41 Å². The SMILES string of the molecule is CC(C)(C/C=C/S(=O)(=O)C(C)(C)C)N1CC=CC1=O. The maximum absolute atomic E-state index is 11.9. The molecule has 0 aromatic heterocycles. The van der Waals surface area contributed by atoms with E-state index in [2.05, 4.69) is 0 Å². The quantitative estimate of drug-likeness (QED) is 0.796. The highest BCUT2D eigenvalue weighted by Crippen LogP contribution is 2.24. The van der Waals surface area contributed by atoms with E-state index in [9.17, 15) is 13.2 Å². The summed E-state index contributed by atoms with van der Waals surface area (Å²) in [4.78, 5) is 13.4. The van der Waals surface area contributed by atoms with Crippen LogP contribution in [0.3, 0.4) is 0 Å². The summed E-state index contributed by atoms with van der Waals surface area (Å²) in [7, 11) is -3.26. The molecule has 1 heterocycles. The van der Waals surface area contributed by atoms with E-state index in [1.54, 1.807) is 37.8 Å². The molecule has 0 aromatic rings. The molecular weight excluding hydrogens is 262 g/mol. The van der Waals surface area contributed by atoms with Crippen molar-refractivity contribution in [2.24, 2.45) is 0 Å². The lowest BCUT2D eigenvalue weighted by Gasteiger charge is -2.34. The van der Waals surface area contributed by atoms with Crippen LogP contribution in [0.15, 0.2) is 23.6 Å². The van der Waals surface area contributed by atoms with Gasteiger partial charge < -0.3 is 4.90 Å². The van der Waals surface area contributed by atoms with Crippen LogP contribution in [0, 0.1) is 0 Å². The molecule has 5 heteroatoms. The first-order valence-corrected chi connectivity index (χ1v) is 7.91. The smallest absolute Gasteiger partial charge is 0.247 e. The molecule has 0 unspecified atom stereocenters. The lowest BCUT2D eigenvalue weighted by atomic mass is 9.98. The summed E-state index contributed by atoms with van der Waals surface area (Å²) in [6.07, 6.45) is 5.53. The Morgan fingerprint density at radius 3 is 2.26 bits per heavy atom. The van der Waals surface area contributed by atoms with Crippen molar-refractivity contribution in [1.82, 2.24) is 4.90 Å². The summed E-state index contributed by atoms with van der Waals surface area (Å²) in [5.74, 6) is -0.0166. The van der Waals surface area contributed by atoms with Gasteiger partial charge >= 0.3 is 0 Å². The molecule has 0 radical (unpaired) electrons. The van der Waals surface area contributed by atoms with E-state index in [0.717, 1.165) is 0 Å². The Labute approximate surface area is 116 Å². The first-order chi connectivity index (χ1) is 8.47. The minimum atomic E-state index is -3.26. The van der Waals surface area contributed by atoms with Crippen molar-refractivity contribution in [3.05, 3.63) is 23.6 Å². The van der Waals surface area contributed by atoms with E-state index in [0.29, 0.717) is 13.0 Å². The Morgan fingerprint density at radius 2 is 1.84 bits per heavy atom. The lowest BCUT2D eigenvalue weighted by molar-refractivity contribution is -0.129. The number of amides is 1. The van der Waals surface area contributed by atoms with Crippen LogP contribution in [0.2, 0.25) is 0 Å². The highest BCUT2D eigenvalue weighted by Gasteiger charge is 2.31. The van der Waals surface area contributed by atoms with Crippen LogP contribution in [0.1, 0.15) is 41.0 Å². The van der Waals surface area contributed by atoms with Crippen molar-refractivity contribution in [2.75, 3.05) is 6.54 Å². The average Bonchev–Trinajstić information content (AvgIpc) is 2.62. The summed E-state index contributed by atoms with van der Waals surface area (Å²) in [5, 5.41) is 1.27. The van der Waals surface area contributed by atoms with Gasteiger partial charge in [0, 0.05) is 23.6 Å². The Hall–Kier alpha value is -1.10. The zero-order valence-electron chi connectivity index (χ0n) is 12.3. The van der Waals surface area contributed by atoms with E-state index in [1.807, 2.05) is 19.9 Å². The van der Waals surface area contributed by atoms with Crippen LogP contribution in [0.4, 0.5) is 0 Å². The van der Waals surface area contributed by atoms with E-state index >= 15 is 0 Å². The second kappa shape index (κ2) is 5.12. The molecule has 0 N–H and O–H groups in total. The van der Waals surface area contributed by atoms with Crippen LogP contribution in [0.25, 0.3) is 0 Å². The molecule has 1 amide bonds. The monoisotopic (exact) mass is 285 g/mol. The fourth-order valence-electron chi connectivity index (χ4n) is 1.76. The summed E-state index contributed by atoms with van der Waals surface area (Å²) in [6, 6.07) is 0. The summed E-state index contributed by atoms with van der Waals surface area (Å²) in [6.45, 7) is 9.48. The Kier molecular flexibility index (Phi) is 4.30. The Bertz CT molecular complexity index is 507. The largest absolute Gasteiger partial charge is 0.330 e. The first kappa shape index (κ1) is 16.0. The van der Waals surface area contributed by atoms with E-state index < -0.39 is 14.6 Å². The number of rotatable bonds is 4. The molecular formula is C14H23NO3S. The molecule has 4 nitrogen and oxygen atoms in total. The lowest BCUT2D eigenvalue weighted by Crippen LogP contribution is -2.44. The first-order valence-electron chi connectivity index (χ1n) is 6.37. The van der Waals surface area contributed by atoms with Crippen molar-refractivity contribution < 1.29 is 13.2 Å². The van der Waals surface area contributed by atoms with Gasteiger partial charge in [-0.25, -0.2) is 8.42 Å². The van der Waals surface area contributed by atoms with Gasteiger partial charge in [0.1, 0.15) is 0 Å². The second-order valence-corrected chi connectivity index (χ2v) is 8.98. The molecule has 19 heavy (non-hydrogen) atoms. The van der Waals surface area contributed by atoms with Gasteiger partial charge in [0.05, 0.1) is 4.75 Å². The Morgan fingerprint density at radius 1 is 1.26 bits per heavy atom. The van der Waals surface area contributed by atoms with Gasteiger partial charge in [0.25, 0.3) is 0 Å². The van der Waals surface area contributed by atoms with Crippen LogP contribution >= 0.6 is 0 Å². The third-order valence-corrected chi connectivity index (χ3v) is 5.55. The third-order valence-electron chi connectivity index (χ3n) is 3.29. The minimum absolute atomic E-state index is 0.0166. The van der Waals surface area contributed by atoms with Gasteiger partial charge in [0.2, 0.25) is 5.91 Å². The predicted molar refractivity (Wildman–Crippen MR) is 77.4 cm³/mol. The molecule has 0 saturated carbocycles. The number of carbonyl (C=O) groups is 1. The standard InChI is InChI=1S/C14H23NO3S/c1-13(2,3)19(17,18)11-7-9-14(4,5)15-10-6-8-12(15)16/h6-8,11H,9-10H2,1-5H3/b11-7+. The maximum atomic E-state index is 11.9. The van der Waals surface area contributed by atoms with Gasteiger partial charge in [-0.15, -0.1) is 0 Å². The van der Waals surface area contributed by atoms with Crippen LogP contribution in [0.5, 0.6) is 0 Å². The van der Waals surface area contributed by atoms with Crippen LogP contribution < -0.4 is 0 Å². The highest BCUT2D eigenvalue weighted by molar-refractivity contribution is 7.95. The fraction of sp³-hybridized carbons (Fsp3) is 0.643. The van der Waals surface area contributed by atoms with Crippen molar-refractivity contribution in [3.63, 3.8) is 0 Å². The number of hydrogen-bond acceptors (Lipinski definition) is 3. The van der Waals surface area contributed by atoms with E-state index in [4.69, 9.17) is 0 Å². The third kappa shape index (κ3) is 3.69. The molecule has 0 spiro atoms. The molecule has 0 aliphatic carbocycles. The minimum Gasteiger partial charge on any atom is -0.330 e. The zero-order chi connectivity index (χ0) is 14.9. The summed E-state index contributed by atoms with van der Waals surface area (Å²) in [5.41, 5.74) is -0.384. The average molecular weight is 285 g/mol. The van der Waals surface area contributed by atoms with Crippen molar-refractivity contribution in [3.8, 4) is 0 Å². The van der Waals surface area contributed by atoms with Gasteiger partial charge in [-0.2, -0.15) is 0 Å². The topological polar surface area (TPSA) is 54.5 Å². The van der Waals surface area contributed by atoms with Crippen molar-refractivity contribution >= 4 is 15.7 Å². The predicted octanol–water partition coefficient (Wildman–Crippen LogP) is 2.28.